The molecule has 0 unspecified atom stereocenters. The minimum absolute atomic E-state index is 0.0186. The van der Waals surface area contributed by atoms with Crippen molar-refractivity contribution in [1.29, 1.82) is 0 Å². The minimum Gasteiger partial charge on any atom is -0.497 e. The monoisotopic (exact) mass is 482 g/mol. The average Bonchev–Trinajstić information content (AvgIpc) is 3.25. The SMILES string of the molecule is COc1cc(Nc2ncc(-c3cncc(C(=O)O)c3)c(-n3nc(C)cc3C(F)F)n2)cc(OC)c1. The summed E-state index contributed by atoms with van der Waals surface area (Å²) in [5, 5.41) is 16.5. The summed E-state index contributed by atoms with van der Waals surface area (Å²) in [7, 11) is 3.01. The van der Waals surface area contributed by atoms with Crippen LogP contribution in [-0.2, 0) is 0 Å². The molecule has 10 nitrogen and oxygen atoms in total. The van der Waals surface area contributed by atoms with E-state index in [-0.39, 0.29) is 28.6 Å². The summed E-state index contributed by atoms with van der Waals surface area (Å²) < 4.78 is 39.2. The number of aromatic carboxylic acids is 1. The smallest absolute Gasteiger partial charge is 0.337 e. The lowest BCUT2D eigenvalue weighted by Gasteiger charge is -2.14. The van der Waals surface area contributed by atoms with E-state index < -0.39 is 12.4 Å². The first-order chi connectivity index (χ1) is 16.8. The predicted molar refractivity (Wildman–Crippen MR) is 122 cm³/mol. The van der Waals surface area contributed by atoms with Crippen molar-refractivity contribution in [2.45, 2.75) is 13.3 Å². The van der Waals surface area contributed by atoms with Crippen LogP contribution in [0.2, 0.25) is 0 Å². The van der Waals surface area contributed by atoms with E-state index in [4.69, 9.17) is 9.47 Å². The topological polar surface area (TPSA) is 124 Å². The zero-order chi connectivity index (χ0) is 25.1. The minimum atomic E-state index is -2.83. The standard InChI is InChI=1S/C23H20F2N6O4/c1-12-4-19(20(24)25)31(30-12)21-18(13-5-14(22(32)33)10-26-9-13)11-27-23(29-21)28-15-6-16(34-2)8-17(7-15)35-3/h4-11,20H,1-3H3,(H,32,33)(H,27,28,29). The fraction of sp³-hybridized carbons (Fsp3) is 0.174. The van der Waals surface area contributed by atoms with Crippen molar-refractivity contribution in [1.82, 2.24) is 24.7 Å². The molecular formula is C23H20F2N6O4. The zero-order valence-corrected chi connectivity index (χ0v) is 18.9. The highest BCUT2D eigenvalue weighted by atomic mass is 19.3. The summed E-state index contributed by atoms with van der Waals surface area (Å²) in [5.41, 5.74) is 1.01. The molecule has 0 bridgehead atoms. The number of hydrogen-bond acceptors (Lipinski definition) is 8. The number of anilines is 2. The van der Waals surface area contributed by atoms with E-state index in [2.05, 4.69) is 25.4 Å². The van der Waals surface area contributed by atoms with E-state index in [0.717, 1.165) is 4.68 Å². The highest BCUT2D eigenvalue weighted by Crippen LogP contribution is 2.32. The molecule has 0 aliphatic heterocycles. The second kappa shape index (κ2) is 9.71. The number of halogens is 2. The molecule has 0 aliphatic rings. The number of methoxy groups -OCH3 is 2. The molecule has 0 atom stereocenters. The normalized spacial score (nSPS) is 10.9. The van der Waals surface area contributed by atoms with E-state index in [1.165, 1.54) is 44.9 Å². The van der Waals surface area contributed by atoms with Gasteiger partial charge < -0.3 is 19.9 Å². The molecule has 180 valence electrons. The predicted octanol–water partition coefficient (Wildman–Crippen LogP) is 4.43. The average molecular weight is 482 g/mol. The van der Waals surface area contributed by atoms with Gasteiger partial charge in [-0.3, -0.25) is 4.98 Å². The molecule has 0 amide bonds. The highest BCUT2D eigenvalue weighted by molar-refractivity contribution is 5.89. The van der Waals surface area contributed by atoms with Gasteiger partial charge in [-0.05, 0) is 19.1 Å². The highest BCUT2D eigenvalue weighted by Gasteiger charge is 2.22. The molecule has 35 heavy (non-hydrogen) atoms. The van der Waals surface area contributed by atoms with Crippen molar-refractivity contribution >= 4 is 17.6 Å². The van der Waals surface area contributed by atoms with Crippen LogP contribution in [0.5, 0.6) is 11.5 Å². The van der Waals surface area contributed by atoms with Crippen LogP contribution in [0.3, 0.4) is 0 Å². The maximum atomic E-state index is 13.8. The van der Waals surface area contributed by atoms with Crippen molar-refractivity contribution in [3.63, 3.8) is 0 Å². The van der Waals surface area contributed by atoms with Crippen LogP contribution >= 0.6 is 0 Å². The van der Waals surface area contributed by atoms with Crippen molar-refractivity contribution in [2.75, 3.05) is 19.5 Å². The zero-order valence-electron chi connectivity index (χ0n) is 18.9. The van der Waals surface area contributed by atoms with E-state index in [9.17, 15) is 18.7 Å². The van der Waals surface area contributed by atoms with Gasteiger partial charge in [0, 0.05) is 53.6 Å². The largest absolute Gasteiger partial charge is 0.497 e. The van der Waals surface area contributed by atoms with E-state index in [1.807, 2.05) is 0 Å². The number of nitrogens with zero attached hydrogens (tertiary/aromatic N) is 5. The molecule has 4 rings (SSSR count). The van der Waals surface area contributed by atoms with Gasteiger partial charge in [-0.25, -0.2) is 23.2 Å². The van der Waals surface area contributed by atoms with Gasteiger partial charge in [0.1, 0.15) is 17.2 Å². The van der Waals surface area contributed by atoms with Gasteiger partial charge in [-0.1, -0.05) is 0 Å². The van der Waals surface area contributed by atoms with Crippen molar-refractivity contribution in [3.8, 4) is 28.4 Å². The number of carbonyl (C=O) groups is 1. The second-order valence-electron chi connectivity index (χ2n) is 7.35. The Kier molecular flexibility index (Phi) is 6.53. The maximum Gasteiger partial charge on any atom is 0.337 e. The summed E-state index contributed by atoms with van der Waals surface area (Å²) in [6.45, 7) is 1.58. The second-order valence-corrected chi connectivity index (χ2v) is 7.35. The van der Waals surface area contributed by atoms with Gasteiger partial charge in [-0.15, -0.1) is 0 Å². The third kappa shape index (κ3) is 5.00. The molecule has 0 spiro atoms. The number of pyridine rings is 1. The van der Waals surface area contributed by atoms with Crippen LogP contribution in [0.1, 0.15) is 28.2 Å². The first kappa shape index (κ1) is 23.5. The van der Waals surface area contributed by atoms with Crippen LogP contribution in [-0.4, -0.2) is 50.0 Å². The number of ether oxygens (including phenoxy) is 2. The maximum absolute atomic E-state index is 13.8. The van der Waals surface area contributed by atoms with Crippen molar-refractivity contribution < 1.29 is 28.2 Å². The Balaban J connectivity index is 1.87. The third-order valence-corrected chi connectivity index (χ3v) is 4.96. The number of alkyl halides is 2. The fourth-order valence-corrected chi connectivity index (χ4v) is 3.36. The van der Waals surface area contributed by atoms with Crippen LogP contribution < -0.4 is 14.8 Å². The molecule has 4 aromatic rings. The Hall–Kier alpha value is -4.61. The van der Waals surface area contributed by atoms with E-state index in [0.29, 0.717) is 28.4 Å². The number of rotatable bonds is 8. The van der Waals surface area contributed by atoms with Gasteiger partial charge in [0.2, 0.25) is 5.95 Å². The number of benzene rings is 1. The number of carboxylic acids is 1. The number of aryl methyl sites for hydroxylation is 1. The Morgan fingerprint density at radius 1 is 1.06 bits per heavy atom. The Morgan fingerprint density at radius 3 is 2.40 bits per heavy atom. The number of aromatic nitrogens is 5. The first-order valence-corrected chi connectivity index (χ1v) is 10.2. The summed E-state index contributed by atoms with van der Waals surface area (Å²) in [6, 6.07) is 7.66. The number of carboxylic acid groups (broad SMARTS) is 1. The molecule has 12 heteroatoms. The lowest BCUT2D eigenvalue weighted by atomic mass is 10.1. The van der Waals surface area contributed by atoms with E-state index in [1.54, 1.807) is 25.1 Å². The molecule has 0 radical (unpaired) electrons. The third-order valence-electron chi connectivity index (χ3n) is 4.96. The summed E-state index contributed by atoms with van der Waals surface area (Å²) >= 11 is 0. The fourth-order valence-electron chi connectivity index (χ4n) is 3.36. The van der Waals surface area contributed by atoms with Crippen molar-refractivity contribution in [2.24, 2.45) is 0 Å². The first-order valence-electron chi connectivity index (χ1n) is 10.2. The molecule has 1 aromatic carbocycles. The Morgan fingerprint density at radius 2 is 1.77 bits per heavy atom. The van der Waals surface area contributed by atoms with Crippen molar-refractivity contribution in [3.05, 3.63) is 65.9 Å². The lowest BCUT2D eigenvalue weighted by Crippen LogP contribution is -2.10. The molecule has 2 N–H and O–H groups in total. The molecule has 0 aliphatic carbocycles. The van der Waals surface area contributed by atoms with Gasteiger partial charge >= 0.3 is 5.97 Å². The number of nitrogens with one attached hydrogen (secondary N) is 1. The summed E-state index contributed by atoms with van der Waals surface area (Å²) in [6.07, 6.45) is 1.13. The lowest BCUT2D eigenvalue weighted by molar-refractivity contribution is 0.0696. The Bertz CT molecular complexity index is 1370. The molecule has 0 fully saturated rings. The van der Waals surface area contributed by atoms with Gasteiger partial charge in [0.15, 0.2) is 5.82 Å². The van der Waals surface area contributed by atoms with Gasteiger partial charge in [0.05, 0.1) is 25.5 Å². The molecular weight excluding hydrogens is 462 g/mol. The molecule has 3 aromatic heterocycles. The quantitative estimate of drug-likeness (QED) is 0.375. The molecule has 0 saturated carbocycles. The van der Waals surface area contributed by atoms with Gasteiger partial charge in [-0.2, -0.15) is 10.1 Å². The summed E-state index contributed by atoms with van der Waals surface area (Å²) in [5.74, 6) is -0.0546. The molecule has 3 heterocycles. The Labute approximate surface area is 198 Å². The summed E-state index contributed by atoms with van der Waals surface area (Å²) in [4.78, 5) is 24.1. The van der Waals surface area contributed by atoms with E-state index >= 15 is 0 Å². The van der Waals surface area contributed by atoms with Gasteiger partial charge in [0.25, 0.3) is 6.43 Å². The van der Waals surface area contributed by atoms with Crippen LogP contribution in [0.4, 0.5) is 20.4 Å². The van der Waals surface area contributed by atoms with Crippen LogP contribution in [0.25, 0.3) is 16.9 Å². The molecule has 0 saturated heterocycles. The number of hydrogen-bond donors (Lipinski definition) is 2. The van der Waals surface area contributed by atoms with Crippen LogP contribution in [0, 0.1) is 6.92 Å². The van der Waals surface area contributed by atoms with Crippen LogP contribution in [0.15, 0.2) is 48.9 Å².